The Hall–Kier alpha value is -2.34. The summed E-state index contributed by atoms with van der Waals surface area (Å²) in [5.41, 5.74) is 0.592. The Kier molecular flexibility index (Phi) is 5.98. The van der Waals surface area contributed by atoms with Crippen LogP contribution >= 0.6 is 11.6 Å². The second kappa shape index (κ2) is 7.97. The number of rotatable bonds is 6. The number of hydrogen-bond donors (Lipinski definition) is 2. The van der Waals surface area contributed by atoms with Crippen LogP contribution in [0.15, 0.2) is 30.4 Å². The summed E-state index contributed by atoms with van der Waals surface area (Å²) >= 11 is 5.96. The third kappa shape index (κ3) is 5.09. The molecular weight excluding hydrogens is 332 g/mol. The Balaban J connectivity index is 2.11. The third-order valence-electron chi connectivity index (χ3n) is 3.74. The molecule has 2 amide bonds. The van der Waals surface area contributed by atoms with Gasteiger partial charge in [-0.2, -0.15) is 0 Å². The molecule has 1 saturated carbocycles. The van der Waals surface area contributed by atoms with E-state index in [0.717, 1.165) is 25.0 Å². The zero-order valence-corrected chi connectivity index (χ0v) is 14.2. The Bertz CT molecular complexity index is 683. The number of amides is 2. The Labute approximate surface area is 145 Å². The summed E-state index contributed by atoms with van der Waals surface area (Å²) in [4.78, 5) is 35.3. The van der Waals surface area contributed by atoms with Crippen LogP contribution < -0.4 is 10.6 Å². The van der Waals surface area contributed by atoms with Crippen LogP contribution in [0.3, 0.4) is 0 Å². The molecule has 1 atom stereocenters. The number of esters is 1. The van der Waals surface area contributed by atoms with Crippen LogP contribution in [-0.4, -0.2) is 30.9 Å². The highest BCUT2D eigenvalue weighted by molar-refractivity contribution is 6.31. The summed E-state index contributed by atoms with van der Waals surface area (Å²) in [6.45, 7) is 1.96. The van der Waals surface area contributed by atoms with Crippen LogP contribution in [0.5, 0.6) is 0 Å². The molecular formula is C17H19ClN2O4. The number of ether oxygens (including phenoxy) is 1. The fourth-order valence-corrected chi connectivity index (χ4v) is 2.37. The van der Waals surface area contributed by atoms with Gasteiger partial charge in [0.05, 0.1) is 18.4 Å². The molecule has 2 N–H and O–H groups in total. The van der Waals surface area contributed by atoms with E-state index in [-0.39, 0.29) is 17.5 Å². The lowest BCUT2D eigenvalue weighted by molar-refractivity contribution is -0.135. The van der Waals surface area contributed by atoms with E-state index in [1.807, 2.05) is 6.92 Å². The van der Waals surface area contributed by atoms with Gasteiger partial charge >= 0.3 is 5.97 Å². The first-order chi connectivity index (χ1) is 11.4. The molecule has 0 aliphatic heterocycles. The fourth-order valence-electron chi connectivity index (χ4n) is 2.20. The topological polar surface area (TPSA) is 84.5 Å². The number of carbonyl (C=O) groups excluding carboxylic acids is 3. The molecule has 0 heterocycles. The smallest absolute Gasteiger partial charge is 0.330 e. The predicted molar refractivity (Wildman–Crippen MR) is 90.9 cm³/mol. The minimum atomic E-state index is -0.641. The molecule has 0 saturated heterocycles. The molecule has 1 aliphatic rings. The number of hydrogen-bond acceptors (Lipinski definition) is 4. The van der Waals surface area contributed by atoms with Crippen molar-refractivity contribution in [2.45, 2.75) is 25.8 Å². The number of nitrogens with one attached hydrogen (secondary N) is 2. The average molecular weight is 351 g/mol. The van der Waals surface area contributed by atoms with E-state index in [4.69, 9.17) is 11.6 Å². The van der Waals surface area contributed by atoms with E-state index >= 15 is 0 Å². The first-order valence-electron chi connectivity index (χ1n) is 7.58. The molecule has 0 spiro atoms. The summed E-state index contributed by atoms with van der Waals surface area (Å²) in [6, 6.07) is 4.68. The van der Waals surface area contributed by atoms with E-state index in [9.17, 15) is 14.4 Å². The van der Waals surface area contributed by atoms with Gasteiger partial charge in [0.1, 0.15) is 0 Å². The molecule has 7 heteroatoms. The van der Waals surface area contributed by atoms with Crippen molar-refractivity contribution >= 4 is 35.1 Å². The van der Waals surface area contributed by atoms with Crippen molar-refractivity contribution in [2.75, 3.05) is 12.4 Å². The summed E-state index contributed by atoms with van der Waals surface area (Å²) in [5.74, 6) is -0.984. The van der Waals surface area contributed by atoms with Gasteiger partial charge in [0.25, 0.3) is 5.91 Å². The number of benzene rings is 1. The summed E-state index contributed by atoms with van der Waals surface area (Å²) in [6.07, 6.45) is 4.26. The highest BCUT2D eigenvalue weighted by atomic mass is 35.5. The van der Waals surface area contributed by atoms with Gasteiger partial charge in [-0.25, -0.2) is 4.79 Å². The second-order valence-corrected chi connectivity index (χ2v) is 6.07. The van der Waals surface area contributed by atoms with Crippen LogP contribution in [0.1, 0.15) is 30.1 Å². The maximum absolute atomic E-state index is 12.4. The van der Waals surface area contributed by atoms with Crippen LogP contribution in [0.25, 0.3) is 0 Å². The lowest BCUT2D eigenvalue weighted by Crippen LogP contribution is -2.34. The quantitative estimate of drug-likeness (QED) is 0.610. The van der Waals surface area contributed by atoms with Crippen molar-refractivity contribution in [3.8, 4) is 0 Å². The summed E-state index contributed by atoms with van der Waals surface area (Å²) in [7, 11) is 1.22. The van der Waals surface area contributed by atoms with Gasteiger partial charge in [-0.3, -0.25) is 9.59 Å². The van der Waals surface area contributed by atoms with Gasteiger partial charge in [-0.1, -0.05) is 11.6 Å². The van der Waals surface area contributed by atoms with Crippen molar-refractivity contribution in [3.05, 3.63) is 40.9 Å². The maximum atomic E-state index is 12.4. The van der Waals surface area contributed by atoms with E-state index in [1.54, 1.807) is 12.1 Å². The van der Waals surface area contributed by atoms with Crippen LogP contribution in [0, 0.1) is 5.92 Å². The highest BCUT2D eigenvalue weighted by Gasteiger charge is 2.29. The van der Waals surface area contributed by atoms with Gasteiger partial charge in [0, 0.05) is 23.2 Å². The Morgan fingerprint density at radius 1 is 1.29 bits per heavy atom. The van der Waals surface area contributed by atoms with Crippen molar-refractivity contribution in [1.29, 1.82) is 0 Å². The SMILES string of the molecule is COC(=O)C=CC(=O)Nc1ccc(Cl)cc1C(=O)NC(C)C1CC1. The van der Waals surface area contributed by atoms with Crippen molar-refractivity contribution < 1.29 is 19.1 Å². The van der Waals surface area contributed by atoms with Gasteiger partial charge in [-0.15, -0.1) is 0 Å². The molecule has 24 heavy (non-hydrogen) atoms. The first-order valence-corrected chi connectivity index (χ1v) is 7.96. The van der Waals surface area contributed by atoms with Gasteiger partial charge in [-0.05, 0) is 43.9 Å². The second-order valence-electron chi connectivity index (χ2n) is 5.64. The number of anilines is 1. The molecule has 0 bridgehead atoms. The molecule has 1 fully saturated rings. The van der Waals surface area contributed by atoms with Crippen molar-refractivity contribution in [3.63, 3.8) is 0 Å². The zero-order valence-electron chi connectivity index (χ0n) is 13.5. The van der Waals surface area contributed by atoms with E-state index in [0.29, 0.717) is 16.6 Å². The van der Waals surface area contributed by atoms with Crippen LogP contribution in [0.4, 0.5) is 5.69 Å². The van der Waals surface area contributed by atoms with Crippen molar-refractivity contribution in [1.82, 2.24) is 5.32 Å². The summed E-state index contributed by atoms with van der Waals surface area (Å²) in [5, 5.41) is 5.87. The van der Waals surface area contributed by atoms with Gasteiger partial charge in [0.15, 0.2) is 0 Å². The normalized spacial score (nSPS) is 15.0. The van der Waals surface area contributed by atoms with Gasteiger partial charge < -0.3 is 15.4 Å². The van der Waals surface area contributed by atoms with Crippen LogP contribution in [-0.2, 0) is 14.3 Å². The largest absolute Gasteiger partial charge is 0.466 e. The predicted octanol–water partition coefficient (Wildman–Crippen LogP) is 2.54. The molecule has 6 nitrogen and oxygen atoms in total. The van der Waals surface area contributed by atoms with E-state index in [2.05, 4.69) is 15.4 Å². The lowest BCUT2D eigenvalue weighted by Gasteiger charge is -2.15. The van der Waals surface area contributed by atoms with E-state index < -0.39 is 11.9 Å². The summed E-state index contributed by atoms with van der Waals surface area (Å²) < 4.78 is 4.41. The monoisotopic (exact) mass is 350 g/mol. The van der Waals surface area contributed by atoms with Crippen LogP contribution in [0.2, 0.25) is 5.02 Å². The maximum Gasteiger partial charge on any atom is 0.330 e. The number of carbonyl (C=O) groups is 3. The molecule has 2 rings (SSSR count). The molecule has 1 aromatic carbocycles. The van der Waals surface area contributed by atoms with Gasteiger partial charge in [0.2, 0.25) is 5.91 Å². The zero-order chi connectivity index (χ0) is 17.7. The Morgan fingerprint density at radius 2 is 2.00 bits per heavy atom. The highest BCUT2D eigenvalue weighted by Crippen LogP contribution is 2.32. The third-order valence-corrected chi connectivity index (χ3v) is 3.98. The molecule has 0 aromatic heterocycles. The number of halogens is 1. The first kappa shape index (κ1) is 18.0. The standard InChI is InChI=1S/C17H19ClN2O4/c1-10(11-3-4-11)19-17(23)13-9-12(18)5-6-14(13)20-15(21)7-8-16(22)24-2/h5-11H,3-4H2,1-2H3,(H,19,23)(H,20,21). The Morgan fingerprint density at radius 3 is 2.62 bits per heavy atom. The minimum absolute atomic E-state index is 0.0688. The molecule has 1 unspecified atom stereocenters. The average Bonchev–Trinajstić information content (AvgIpc) is 3.39. The minimum Gasteiger partial charge on any atom is -0.466 e. The lowest BCUT2D eigenvalue weighted by atomic mass is 10.1. The molecule has 1 aromatic rings. The number of methoxy groups -OCH3 is 1. The van der Waals surface area contributed by atoms with Crippen molar-refractivity contribution in [2.24, 2.45) is 5.92 Å². The van der Waals surface area contributed by atoms with E-state index in [1.165, 1.54) is 13.2 Å². The molecule has 1 aliphatic carbocycles. The molecule has 128 valence electrons. The molecule has 0 radical (unpaired) electrons. The fraction of sp³-hybridized carbons (Fsp3) is 0.353.